The van der Waals surface area contributed by atoms with Gasteiger partial charge in [0.2, 0.25) is 11.8 Å². The van der Waals surface area contributed by atoms with E-state index < -0.39 is 0 Å². The Kier molecular flexibility index (Phi) is 4.02. The quantitative estimate of drug-likeness (QED) is 0.616. The monoisotopic (exact) mass is 275 g/mol. The van der Waals surface area contributed by atoms with Gasteiger partial charge in [0.15, 0.2) is 0 Å². The van der Waals surface area contributed by atoms with Crippen LogP contribution in [0.1, 0.15) is 28.8 Å². The van der Waals surface area contributed by atoms with Gasteiger partial charge in [0.05, 0.1) is 0 Å². The minimum absolute atomic E-state index is 0.176. The summed E-state index contributed by atoms with van der Waals surface area (Å²) < 4.78 is 0. The van der Waals surface area contributed by atoms with Gasteiger partial charge in [-0.1, -0.05) is 6.07 Å². The van der Waals surface area contributed by atoms with Crippen molar-refractivity contribution in [3.8, 4) is 0 Å². The number of carbonyl (C=O) groups excluding carboxylic acids is 3. The van der Waals surface area contributed by atoms with E-state index in [1.807, 2.05) is 6.92 Å². The molecule has 1 aliphatic rings. The number of nitrogens with one attached hydrogen (secondary N) is 1. The first kappa shape index (κ1) is 14.0. The van der Waals surface area contributed by atoms with Gasteiger partial charge in [-0.3, -0.25) is 19.3 Å². The summed E-state index contributed by atoms with van der Waals surface area (Å²) in [5, 5.41) is 2.69. The molecule has 1 heterocycles. The molecule has 0 spiro atoms. The van der Waals surface area contributed by atoms with E-state index in [1.54, 1.807) is 18.2 Å². The van der Waals surface area contributed by atoms with Crippen molar-refractivity contribution in [1.82, 2.24) is 10.2 Å². The molecule has 6 heteroatoms. The number of imide groups is 1. The fraction of sp³-hybridized carbons (Fsp3) is 0.357. The summed E-state index contributed by atoms with van der Waals surface area (Å²) in [6.45, 7) is 2.27. The standard InChI is InChI=1S/C14H17N3O3/c1-9-2-3-10(15)8-11(9)14(20)16-6-7-17-12(18)4-5-13(17)19/h2-3,8H,4-7,15H2,1H3,(H,16,20). The van der Waals surface area contributed by atoms with Gasteiger partial charge in [0, 0.05) is 37.2 Å². The Balaban J connectivity index is 1.91. The Labute approximate surface area is 116 Å². The lowest BCUT2D eigenvalue weighted by molar-refractivity contribution is -0.138. The van der Waals surface area contributed by atoms with Crippen LogP contribution in [0.5, 0.6) is 0 Å². The molecule has 3 N–H and O–H groups in total. The van der Waals surface area contributed by atoms with Gasteiger partial charge in [-0.2, -0.15) is 0 Å². The number of anilines is 1. The van der Waals surface area contributed by atoms with Crippen LogP contribution >= 0.6 is 0 Å². The molecule has 1 aromatic rings. The number of hydrogen-bond donors (Lipinski definition) is 2. The van der Waals surface area contributed by atoms with E-state index in [0.717, 1.165) is 5.56 Å². The maximum Gasteiger partial charge on any atom is 0.251 e. The minimum Gasteiger partial charge on any atom is -0.399 e. The molecule has 0 aromatic heterocycles. The van der Waals surface area contributed by atoms with Gasteiger partial charge in [-0.25, -0.2) is 0 Å². The molecule has 0 radical (unpaired) electrons. The van der Waals surface area contributed by atoms with Crippen LogP contribution in [-0.2, 0) is 9.59 Å². The van der Waals surface area contributed by atoms with Crippen molar-refractivity contribution in [2.24, 2.45) is 0 Å². The van der Waals surface area contributed by atoms with Crippen LogP contribution in [-0.4, -0.2) is 35.7 Å². The summed E-state index contributed by atoms with van der Waals surface area (Å²) in [4.78, 5) is 36.0. The Bertz CT molecular complexity index is 553. The fourth-order valence-corrected chi connectivity index (χ4v) is 2.13. The van der Waals surface area contributed by atoms with Crippen LogP contribution in [0.15, 0.2) is 18.2 Å². The van der Waals surface area contributed by atoms with Crippen LogP contribution in [0.25, 0.3) is 0 Å². The number of hydrogen-bond acceptors (Lipinski definition) is 4. The summed E-state index contributed by atoms with van der Waals surface area (Å²) in [7, 11) is 0. The molecule has 1 aliphatic heterocycles. The Hall–Kier alpha value is -2.37. The van der Waals surface area contributed by atoms with E-state index in [4.69, 9.17) is 5.73 Å². The molecular weight excluding hydrogens is 258 g/mol. The van der Waals surface area contributed by atoms with Crippen molar-refractivity contribution < 1.29 is 14.4 Å². The molecule has 1 aromatic carbocycles. The summed E-state index contributed by atoms with van der Waals surface area (Å²) in [5.41, 5.74) is 7.50. The second-order valence-corrected chi connectivity index (χ2v) is 4.77. The van der Waals surface area contributed by atoms with Gasteiger partial charge in [-0.15, -0.1) is 0 Å². The number of nitrogen functional groups attached to an aromatic ring is 1. The Morgan fingerprint density at radius 2 is 1.95 bits per heavy atom. The predicted octanol–water partition coefficient (Wildman–Crippen LogP) is 0.456. The molecule has 106 valence electrons. The lowest BCUT2D eigenvalue weighted by Crippen LogP contribution is -2.37. The number of likely N-dealkylation sites (tertiary alicyclic amines) is 1. The van der Waals surface area contributed by atoms with Crippen molar-refractivity contribution in [3.63, 3.8) is 0 Å². The second kappa shape index (κ2) is 5.73. The first-order valence-electron chi connectivity index (χ1n) is 6.46. The van der Waals surface area contributed by atoms with Crippen LogP contribution < -0.4 is 11.1 Å². The van der Waals surface area contributed by atoms with Gasteiger partial charge in [-0.05, 0) is 24.6 Å². The van der Waals surface area contributed by atoms with Gasteiger partial charge in [0.25, 0.3) is 5.91 Å². The molecule has 0 atom stereocenters. The zero-order valence-corrected chi connectivity index (χ0v) is 11.3. The Morgan fingerprint density at radius 3 is 2.60 bits per heavy atom. The molecule has 0 unspecified atom stereocenters. The van der Waals surface area contributed by atoms with Crippen molar-refractivity contribution in [2.75, 3.05) is 18.8 Å². The van der Waals surface area contributed by atoms with Crippen molar-refractivity contribution in [3.05, 3.63) is 29.3 Å². The van der Waals surface area contributed by atoms with E-state index >= 15 is 0 Å². The number of aryl methyl sites for hydroxylation is 1. The number of carbonyl (C=O) groups is 3. The summed E-state index contributed by atoms with van der Waals surface area (Å²) in [6.07, 6.45) is 0.530. The second-order valence-electron chi connectivity index (χ2n) is 4.77. The van der Waals surface area contributed by atoms with Crippen LogP contribution in [0.3, 0.4) is 0 Å². The number of nitrogens with zero attached hydrogens (tertiary/aromatic N) is 1. The molecule has 0 saturated carbocycles. The number of nitrogens with two attached hydrogens (primary N) is 1. The highest BCUT2D eigenvalue weighted by molar-refractivity contribution is 6.02. The smallest absolute Gasteiger partial charge is 0.251 e. The predicted molar refractivity (Wildman–Crippen MR) is 73.9 cm³/mol. The molecule has 0 aliphatic carbocycles. The molecular formula is C14H17N3O3. The first-order chi connectivity index (χ1) is 9.49. The molecule has 20 heavy (non-hydrogen) atoms. The van der Waals surface area contributed by atoms with E-state index in [0.29, 0.717) is 11.3 Å². The summed E-state index contributed by atoms with van der Waals surface area (Å²) in [5.74, 6) is -0.609. The normalized spacial score (nSPS) is 14.8. The van der Waals surface area contributed by atoms with Crippen molar-refractivity contribution >= 4 is 23.4 Å². The zero-order chi connectivity index (χ0) is 14.7. The largest absolute Gasteiger partial charge is 0.399 e. The van der Waals surface area contributed by atoms with E-state index in [9.17, 15) is 14.4 Å². The van der Waals surface area contributed by atoms with Gasteiger partial charge < -0.3 is 11.1 Å². The lowest BCUT2D eigenvalue weighted by atomic mass is 10.1. The summed E-state index contributed by atoms with van der Waals surface area (Å²) in [6, 6.07) is 5.11. The SMILES string of the molecule is Cc1ccc(N)cc1C(=O)NCCN1C(=O)CCC1=O. The lowest BCUT2D eigenvalue weighted by Gasteiger charge is -2.14. The van der Waals surface area contributed by atoms with Crippen LogP contribution in [0, 0.1) is 6.92 Å². The number of rotatable bonds is 4. The average molecular weight is 275 g/mol. The fourth-order valence-electron chi connectivity index (χ4n) is 2.13. The van der Waals surface area contributed by atoms with E-state index in [-0.39, 0.29) is 43.7 Å². The third kappa shape index (κ3) is 2.96. The average Bonchev–Trinajstić information content (AvgIpc) is 2.73. The van der Waals surface area contributed by atoms with E-state index in [1.165, 1.54) is 4.90 Å². The highest BCUT2D eigenvalue weighted by atomic mass is 16.2. The van der Waals surface area contributed by atoms with Crippen molar-refractivity contribution in [2.45, 2.75) is 19.8 Å². The number of benzene rings is 1. The minimum atomic E-state index is -0.256. The first-order valence-corrected chi connectivity index (χ1v) is 6.46. The van der Waals surface area contributed by atoms with Crippen LogP contribution in [0.4, 0.5) is 5.69 Å². The zero-order valence-electron chi connectivity index (χ0n) is 11.3. The maximum atomic E-state index is 12.0. The molecule has 2 rings (SSSR count). The molecule has 1 fully saturated rings. The highest BCUT2D eigenvalue weighted by Gasteiger charge is 2.28. The molecule has 6 nitrogen and oxygen atoms in total. The van der Waals surface area contributed by atoms with Gasteiger partial charge in [0.1, 0.15) is 0 Å². The third-order valence-electron chi connectivity index (χ3n) is 3.28. The maximum absolute atomic E-state index is 12.0. The number of amides is 3. The Morgan fingerprint density at radius 1 is 1.30 bits per heavy atom. The van der Waals surface area contributed by atoms with Gasteiger partial charge >= 0.3 is 0 Å². The molecule has 0 bridgehead atoms. The van der Waals surface area contributed by atoms with Crippen LogP contribution in [0.2, 0.25) is 0 Å². The third-order valence-corrected chi connectivity index (χ3v) is 3.28. The summed E-state index contributed by atoms with van der Waals surface area (Å²) >= 11 is 0. The molecule has 1 saturated heterocycles. The highest BCUT2D eigenvalue weighted by Crippen LogP contribution is 2.13. The van der Waals surface area contributed by atoms with Crippen molar-refractivity contribution in [1.29, 1.82) is 0 Å². The van der Waals surface area contributed by atoms with E-state index in [2.05, 4.69) is 5.32 Å². The topological polar surface area (TPSA) is 92.5 Å². The molecule has 3 amide bonds.